The third-order valence-corrected chi connectivity index (χ3v) is 17.3. The molecule has 1 unspecified atom stereocenters. The van der Waals surface area contributed by atoms with Crippen molar-refractivity contribution in [2.45, 2.75) is 70.0 Å². The van der Waals surface area contributed by atoms with Crippen molar-refractivity contribution in [1.82, 2.24) is 34.0 Å². The van der Waals surface area contributed by atoms with E-state index in [4.69, 9.17) is 9.72 Å². The van der Waals surface area contributed by atoms with Gasteiger partial charge in [0.05, 0.1) is 39.6 Å². The van der Waals surface area contributed by atoms with Crippen LogP contribution in [0.4, 0.5) is 26.0 Å². The number of carbonyl (C=O) groups is 4. The van der Waals surface area contributed by atoms with Crippen LogP contribution in [0.1, 0.15) is 84.1 Å². The van der Waals surface area contributed by atoms with Gasteiger partial charge in [-0.25, -0.2) is 18.7 Å². The standard InChI is InChI=1S/C52H53F2N11O8S/c53-33-13-20-63(30-33)74(71,72)59-43-7-5-41(54)47(40(43)27-55)73-36-3-6-42-39(26-36)49(68)64(31-57-42)35-2-9-45(56-28-35)62-18-11-32(12-19-62)29-60-21-14-52(15-22-60)16-23-61(24-17-52)34-1-4-37-38(25-34)51(70)65(50(37)69)44-8-10-46(66)58-48(44)67/h1-7,9,25-26,28,31-33,44,59H,8,10-24,29-30H2,(H,58,66,67)/t33-,44?/m1/s1. The molecular weight excluding hydrogens is 977 g/mol. The number of nitrogens with zero attached hydrogens (tertiary/aromatic N) is 9. The van der Waals surface area contributed by atoms with E-state index in [1.807, 2.05) is 18.2 Å². The number of carbonyl (C=O) groups excluding carboxylic acids is 4. The predicted octanol–water partition coefficient (Wildman–Crippen LogP) is 5.28. The fraction of sp³-hybridized carbons (Fsp3) is 0.423. The average molecular weight is 1030 g/mol. The van der Waals surface area contributed by atoms with E-state index in [0.717, 1.165) is 117 Å². The number of anilines is 3. The minimum absolute atomic E-state index is 0.00142. The number of ether oxygens (including phenoxy) is 1. The fourth-order valence-electron chi connectivity index (χ4n) is 11.5. The Labute approximate surface area is 424 Å². The lowest BCUT2D eigenvalue weighted by molar-refractivity contribution is -0.136. The van der Waals surface area contributed by atoms with Gasteiger partial charge in [0.2, 0.25) is 11.8 Å². The van der Waals surface area contributed by atoms with E-state index >= 15 is 4.39 Å². The maximum absolute atomic E-state index is 15.2. The van der Waals surface area contributed by atoms with Crippen LogP contribution in [-0.2, 0) is 19.8 Å². The van der Waals surface area contributed by atoms with Gasteiger partial charge in [-0.1, -0.05) is 0 Å². The molecule has 6 aliphatic heterocycles. The number of alkyl halides is 1. The normalized spacial score (nSPS) is 21.8. The van der Waals surface area contributed by atoms with Crippen molar-refractivity contribution in [1.29, 1.82) is 5.26 Å². The number of nitrogens with one attached hydrogen (secondary N) is 2. The van der Waals surface area contributed by atoms with Crippen LogP contribution < -0.4 is 30.1 Å². The number of rotatable bonds is 11. The molecule has 2 N–H and O–H groups in total. The minimum atomic E-state index is -4.25. The van der Waals surface area contributed by atoms with Gasteiger partial charge < -0.3 is 19.4 Å². The SMILES string of the molecule is N#Cc1c(NS(=O)(=O)N2CC[C@@H](F)C2)ccc(F)c1Oc1ccc2ncn(-c3ccc(N4CCC(CN5CCC6(CC5)CCN(c5ccc7c(c5)C(=O)N(C5CCC(=O)NC5=O)C7=O)CC6)CC4)nc3)c(=O)c2c1. The molecule has 2 aromatic heterocycles. The second kappa shape index (κ2) is 19.5. The maximum Gasteiger partial charge on any atom is 0.301 e. The Morgan fingerprint density at radius 1 is 0.811 bits per heavy atom. The van der Waals surface area contributed by atoms with Gasteiger partial charge in [0.1, 0.15) is 41.7 Å². The highest BCUT2D eigenvalue weighted by molar-refractivity contribution is 7.90. The number of piperidine rings is 4. The Bertz CT molecular complexity index is 3310. The highest BCUT2D eigenvalue weighted by Crippen LogP contribution is 2.43. The molecule has 3 aromatic carbocycles. The average Bonchev–Trinajstić information content (AvgIpc) is 3.96. The molecule has 5 fully saturated rings. The second-order valence-electron chi connectivity index (χ2n) is 20.2. The first-order chi connectivity index (χ1) is 35.7. The number of likely N-dealkylation sites (tertiary alicyclic amines) is 1. The Morgan fingerprint density at radius 2 is 1.55 bits per heavy atom. The molecular formula is C52H53F2N11O8S. The van der Waals surface area contributed by atoms with Gasteiger partial charge in [-0.15, -0.1) is 0 Å². The monoisotopic (exact) mass is 1030 g/mol. The van der Waals surface area contributed by atoms with Crippen LogP contribution in [-0.4, -0.2) is 132 Å². The molecule has 4 amide bonds. The summed E-state index contributed by atoms with van der Waals surface area (Å²) in [5, 5.41) is 12.4. The molecule has 11 rings (SSSR count). The third-order valence-electron chi connectivity index (χ3n) is 15.8. The van der Waals surface area contributed by atoms with E-state index in [9.17, 15) is 42.0 Å². The molecule has 6 aliphatic rings. The molecule has 8 heterocycles. The van der Waals surface area contributed by atoms with Gasteiger partial charge in [-0.05, 0) is 136 Å². The van der Waals surface area contributed by atoms with Gasteiger partial charge in [0.25, 0.3) is 17.4 Å². The van der Waals surface area contributed by atoms with Crippen molar-refractivity contribution in [3.05, 3.63) is 106 Å². The van der Waals surface area contributed by atoms with Gasteiger partial charge in [-0.3, -0.25) is 43.5 Å². The van der Waals surface area contributed by atoms with Crippen molar-refractivity contribution in [2.75, 3.05) is 73.4 Å². The first kappa shape index (κ1) is 48.9. The molecule has 74 heavy (non-hydrogen) atoms. The number of imide groups is 2. The lowest BCUT2D eigenvalue weighted by Gasteiger charge is -2.48. The van der Waals surface area contributed by atoms with Crippen molar-refractivity contribution in [3.8, 4) is 23.3 Å². The molecule has 0 radical (unpaired) electrons. The van der Waals surface area contributed by atoms with Gasteiger partial charge >= 0.3 is 10.2 Å². The molecule has 0 aliphatic carbocycles. The van der Waals surface area contributed by atoms with Crippen LogP contribution in [0, 0.1) is 28.5 Å². The molecule has 1 spiro atoms. The minimum Gasteiger partial charge on any atom is -0.453 e. The summed E-state index contributed by atoms with van der Waals surface area (Å²) in [5.41, 5.74) is 1.45. The molecule has 22 heteroatoms. The fourth-order valence-corrected chi connectivity index (χ4v) is 12.7. The number of benzene rings is 3. The summed E-state index contributed by atoms with van der Waals surface area (Å²) >= 11 is 0. The van der Waals surface area contributed by atoms with Crippen molar-refractivity contribution < 1.29 is 41.1 Å². The second-order valence-corrected chi connectivity index (χ2v) is 21.9. The number of aromatic nitrogens is 3. The Morgan fingerprint density at radius 3 is 2.26 bits per heavy atom. The first-order valence-electron chi connectivity index (χ1n) is 25.0. The number of nitriles is 1. The van der Waals surface area contributed by atoms with Gasteiger partial charge in [0, 0.05) is 57.9 Å². The molecule has 384 valence electrons. The molecule has 0 bridgehead atoms. The zero-order valence-corrected chi connectivity index (χ0v) is 41.2. The summed E-state index contributed by atoms with van der Waals surface area (Å²) in [6.07, 6.45) is 8.36. The third kappa shape index (κ3) is 9.32. The molecule has 0 saturated carbocycles. The van der Waals surface area contributed by atoms with Crippen LogP contribution in [0.25, 0.3) is 16.6 Å². The quantitative estimate of drug-likeness (QED) is 0.161. The number of fused-ring (bicyclic) bond motifs is 2. The summed E-state index contributed by atoms with van der Waals surface area (Å²) in [4.78, 5) is 82.1. The van der Waals surface area contributed by atoms with Crippen molar-refractivity contribution in [2.24, 2.45) is 11.3 Å². The summed E-state index contributed by atoms with van der Waals surface area (Å²) < 4.78 is 65.2. The maximum atomic E-state index is 15.2. The lowest BCUT2D eigenvalue weighted by atomic mass is 9.71. The smallest absolute Gasteiger partial charge is 0.301 e. The molecule has 5 saturated heterocycles. The summed E-state index contributed by atoms with van der Waals surface area (Å²) in [6.45, 7) is 6.18. The summed E-state index contributed by atoms with van der Waals surface area (Å²) in [5.74, 6) is -2.15. The molecule has 2 atom stereocenters. The zero-order valence-electron chi connectivity index (χ0n) is 40.3. The van der Waals surface area contributed by atoms with Crippen LogP contribution in [0.2, 0.25) is 0 Å². The van der Waals surface area contributed by atoms with E-state index in [-0.39, 0.29) is 60.2 Å². The molecule has 5 aromatic rings. The van der Waals surface area contributed by atoms with Crippen LogP contribution in [0.15, 0.2) is 78.0 Å². The summed E-state index contributed by atoms with van der Waals surface area (Å²) in [6, 6.07) is 16.2. The van der Waals surface area contributed by atoms with E-state index < -0.39 is 68.7 Å². The van der Waals surface area contributed by atoms with E-state index in [0.29, 0.717) is 22.7 Å². The Kier molecular flexibility index (Phi) is 12.9. The number of pyridine rings is 1. The number of amides is 4. The van der Waals surface area contributed by atoms with E-state index in [1.165, 1.54) is 29.1 Å². The highest BCUT2D eigenvalue weighted by atomic mass is 32.2. The first-order valence-corrected chi connectivity index (χ1v) is 26.5. The molecule has 19 nitrogen and oxygen atoms in total. The number of hydrogen-bond donors (Lipinski definition) is 2. The Hall–Kier alpha value is -7.35. The van der Waals surface area contributed by atoms with Gasteiger partial charge in [-0.2, -0.15) is 18.0 Å². The number of halogens is 2. The van der Waals surface area contributed by atoms with Crippen molar-refractivity contribution in [3.63, 3.8) is 0 Å². The predicted molar refractivity (Wildman–Crippen MR) is 268 cm³/mol. The van der Waals surface area contributed by atoms with Crippen LogP contribution >= 0.6 is 0 Å². The zero-order chi connectivity index (χ0) is 51.5. The number of hydrogen-bond acceptors (Lipinski definition) is 14. The Balaban J connectivity index is 0.664. The summed E-state index contributed by atoms with van der Waals surface area (Å²) in [7, 11) is -4.25. The van der Waals surface area contributed by atoms with Gasteiger partial charge in [0.15, 0.2) is 11.6 Å². The van der Waals surface area contributed by atoms with Crippen molar-refractivity contribution >= 4 is 61.9 Å². The van der Waals surface area contributed by atoms with Crippen LogP contribution in [0.5, 0.6) is 11.5 Å². The van der Waals surface area contributed by atoms with Crippen LogP contribution in [0.3, 0.4) is 0 Å². The largest absolute Gasteiger partial charge is 0.453 e. The highest BCUT2D eigenvalue weighted by Gasteiger charge is 2.45. The lowest BCUT2D eigenvalue weighted by Crippen LogP contribution is -2.54. The van der Waals surface area contributed by atoms with E-state index in [1.54, 1.807) is 24.4 Å². The topological polar surface area (TPSA) is 223 Å². The van der Waals surface area contributed by atoms with E-state index in [2.05, 4.69) is 29.7 Å².